The average molecular weight is 602 g/mol. The molecule has 0 radical (unpaired) electrons. The molecule has 9 heteroatoms. The molecule has 5 rings (SSSR count). The van der Waals surface area contributed by atoms with E-state index < -0.39 is 6.09 Å². The zero-order valence-electron chi connectivity index (χ0n) is 23.5. The molecular weight excluding hydrogens is 570 g/mol. The first kappa shape index (κ1) is 29.4. The van der Waals surface area contributed by atoms with Crippen molar-refractivity contribution >= 4 is 45.0 Å². The lowest BCUT2D eigenvalue weighted by molar-refractivity contribution is 0.0554. The number of nitriles is 1. The molecular formula is C33H32ClN3O4S. The van der Waals surface area contributed by atoms with Gasteiger partial charge in [-0.1, -0.05) is 48.0 Å². The Morgan fingerprint density at radius 1 is 1.02 bits per heavy atom. The summed E-state index contributed by atoms with van der Waals surface area (Å²) in [5.41, 5.74) is 3.25. The van der Waals surface area contributed by atoms with Crippen molar-refractivity contribution in [2.75, 3.05) is 13.7 Å². The molecule has 1 N–H and O–H groups in total. The van der Waals surface area contributed by atoms with Gasteiger partial charge in [-0.15, -0.1) is 11.3 Å². The Hall–Kier alpha value is -4.06. The van der Waals surface area contributed by atoms with Crippen LogP contribution in [-0.4, -0.2) is 52.6 Å². The number of thiophene rings is 1. The number of carboxylic acid groups (broad SMARTS) is 1. The lowest BCUT2D eigenvalue weighted by Gasteiger charge is -2.39. The molecule has 0 spiro atoms. The van der Waals surface area contributed by atoms with Crippen molar-refractivity contribution in [3.8, 4) is 22.9 Å². The molecule has 1 heterocycles. The lowest BCUT2D eigenvalue weighted by atomic mass is 9.89. The largest absolute Gasteiger partial charge is 0.494 e. The molecule has 1 fully saturated rings. The van der Waals surface area contributed by atoms with Crippen LogP contribution in [0.5, 0.6) is 5.75 Å². The SMILES string of the molecule is CCOc1ccc(-c2cccc(C#N)c2)cc1CN(C(=O)c1sc2ccccc2c1Cl)C1CCC(N(C)C(=O)O)CC1. The molecule has 0 unspecified atom stereocenters. The van der Waals surface area contributed by atoms with Crippen molar-refractivity contribution in [3.63, 3.8) is 0 Å². The Bertz CT molecular complexity index is 1650. The van der Waals surface area contributed by atoms with Gasteiger partial charge in [-0.3, -0.25) is 4.79 Å². The number of ether oxygens (including phenoxy) is 1. The van der Waals surface area contributed by atoms with Crippen LogP contribution in [0.15, 0.2) is 66.7 Å². The summed E-state index contributed by atoms with van der Waals surface area (Å²) in [6, 6.07) is 23.1. The summed E-state index contributed by atoms with van der Waals surface area (Å²) < 4.78 is 6.96. The van der Waals surface area contributed by atoms with Crippen LogP contribution in [0.4, 0.5) is 4.79 Å². The van der Waals surface area contributed by atoms with E-state index in [0.29, 0.717) is 60.0 Å². The summed E-state index contributed by atoms with van der Waals surface area (Å²) in [5, 5.41) is 20.2. The van der Waals surface area contributed by atoms with Gasteiger partial charge in [0.2, 0.25) is 0 Å². The third kappa shape index (κ3) is 6.08. The minimum Gasteiger partial charge on any atom is -0.494 e. The van der Waals surface area contributed by atoms with Crippen LogP contribution >= 0.6 is 22.9 Å². The highest BCUT2D eigenvalue weighted by atomic mass is 35.5. The van der Waals surface area contributed by atoms with Gasteiger partial charge < -0.3 is 19.6 Å². The van der Waals surface area contributed by atoms with Crippen molar-refractivity contribution < 1.29 is 19.4 Å². The Morgan fingerprint density at radius 2 is 1.74 bits per heavy atom. The van der Waals surface area contributed by atoms with E-state index in [0.717, 1.165) is 26.8 Å². The Kier molecular flexibility index (Phi) is 9.00. The molecule has 1 aliphatic rings. The first-order chi connectivity index (χ1) is 20.3. The zero-order valence-corrected chi connectivity index (χ0v) is 25.1. The monoisotopic (exact) mass is 601 g/mol. The Balaban J connectivity index is 1.53. The molecule has 1 aliphatic carbocycles. The molecule has 42 heavy (non-hydrogen) atoms. The van der Waals surface area contributed by atoms with E-state index in [1.165, 1.54) is 16.2 Å². The van der Waals surface area contributed by atoms with E-state index in [-0.39, 0.29) is 18.0 Å². The van der Waals surface area contributed by atoms with E-state index >= 15 is 0 Å². The Morgan fingerprint density at radius 3 is 2.43 bits per heavy atom. The predicted octanol–water partition coefficient (Wildman–Crippen LogP) is 8.06. The number of carbonyl (C=O) groups is 2. The van der Waals surface area contributed by atoms with Crippen molar-refractivity contribution in [2.45, 2.75) is 51.2 Å². The van der Waals surface area contributed by atoms with Crippen LogP contribution in [0.2, 0.25) is 5.02 Å². The molecule has 7 nitrogen and oxygen atoms in total. The van der Waals surface area contributed by atoms with Gasteiger partial charge in [-0.2, -0.15) is 5.26 Å². The summed E-state index contributed by atoms with van der Waals surface area (Å²) in [6.45, 7) is 2.70. The van der Waals surface area contributed by atoms with E-state index in [1.807, 2.05) is 72.5 Å². The zero-order chi connectivity index (χ0) is 29.8. The second-order valence-electron chi connectivity index (χ2n) is 10.5. The number of hydrogen-bond acceptors (Lipinski definition) is 5. The number of carbonyl (C=O) groups excluding carboxylic acids is 1. The molecule has 0 atom stereocenters. The number of hydrogen-bond donors (Lipinski definition) is 1. The number of amides is 2. The molecule has 0 bridgehead atoms. The fraction of sp³-hybridized carbons (Fsp3) is 0.303. The second-order valence-corrected chi connectivity index (χ2v) is 11.9. The standard InChI is InChI=1S/C33H32ClN3O4S/c1-3-41-28-16-11-23(22-8-6-7-21(17-22)19-35)18-24(28)20-37(26-14-12-25(13-15-26)36(2)33(39)40)32(38)31-30(34)27-9-4-5-10-29(27)42-31/h4-11,16-18,25-26H,3,12-15,20H2,1-2H3,(H,39,40). The second kappa shape index (κ2) is 12.8. The Labute approximate surface area is 254 Å². The van der Waals surface area contributed by atoms with Gasteiger partial charge in [0.1, 0.15) is 10.6 Å². The van der Waals surface area contributed by atoms with Gasteiger partial charge in [0.05, 0.1) is 23.3 Å². The topological polar surface area (TPSA) is 93.9 Å². The number of fused-ring (bicyclic) bond motifs is 1. The summed E-state index contributed by atoms with van der Waals surface area (Å²) in [6.07, 6.45) is 1.73. The van der Waals surface area contributed by atoms with Gasteiger partial charge in [-0.05, 0) is 74.1 Å². The van der Waals surface area contributed by atoms with E-state index in [9.17, 15) is 20.0 Å². The smallest absolute Gasteiger partial charge is 0.407 e. The third-order valence-electron chi connectivity index (χ3n) is 7.97. The van der Waals surface area contributed by atoms with E-state index in [1.54, 1.807) is 13.1 Å². The van der Waals surface area contributed by atoms with Crippen molar-refractivity contribution in [3.05, 3.63) is 87.8 Å². The molecule has 0 saturated heterocycles. The summed E-state index contributed by atoms with van der Waals surface area (Å²) in [7, 11) is 1.61. The number of rotatable bonds is 8. The van der Waals surface area contributed by atoms with Gasteiger partial charge in [-0.25, -0.2) is 4.79 Å². The maximum atomic E-state index is 14.3. The summed E-state index contributed by atoms with van der Waals surface area (Å²) >= 11 is 8.18. The molecule has 2 amide bonds. The number of benzene rings is 3. The molecule has 0 aliphatic heterocycles. The number of nitrogens with zero attached hydrogens (tertiary/aromatic N) is 3. The van der Waals surface area contributed by atoms with Crippen LogP contribution in [0.3, 0.4) is 0 Å². The number of halogens is 1. The highest BCUT2D eigenvalue weighted by molar-refractivity contribution is 7.21. The summed E-state index contributed by atoms with van der Waals surface area (Å²) in [4.78, 5) is 29.7. The first-order valence-corrected chi connectivity index (χ1v) is 15.2. The average Bonchev–Trinajstić information content (AvgIpc) is 3.36. The maximum Gasteiger partial charge on any atom is 0.407 e. The molecule has 1 saturated carbocycles. The van der Waals surface area contributed by atoms with Crippen molar-refractivity contribution in [1.82, 2.24) is 9.80 Å². The fourth-order valence-corrected chi connectivity index (χ4v) is 7.16. The molecule has 1 aromatic heterocycles. The molecule has 4 aromatic rings. The van der Waals surface area contributed by atoms with Crippen LogP contribution in [-0.2, 0) is 6.54 Å². The first-order valence-electron chi connectivity index (χ1n) is 14.0. The van der Waals surface area contributed by atoms with Gasteiger partial charge in [0, 0.05) is 41.3 Å². The normalized spacial score (nSPS) is 16.5. The van der Waals surface area contributed by atoms with Gasteiger partial charge >= 0.3 is 6.09 Å². The lowest BCUT2D eigenvalue weighted by Crippen LogP contribution is -2.46. The maximum absolute atomic E-state index is 14.3. The molecule has 216 valence electrons. The van der Waals surface area contributed by atoms with Crippen LogP contribution < -0.4 is 4.74 Å². The summed E-state index contributed by atoms with van der Waals surface area (Å²) in [5.74, 6) is 0.549. The minimum absolute atomic E-state index is 0.0849. The minimum atomic E-state index is -0.943. The third-order valence-corrected chi connectivity index (χ3v) is 9.64. The van der Waals surface area contributed by atoms with E-state index in [4.69, 9.17) is 16.3 Å². The quantitative estimate of drug-likeness (QED) is 0.220. The van der Waals surface area contributed by atoms with Gasteiger partial charge in [0.25, 0.3) is 5.91 Å². The fourth-order valence-electron chi connectivity index (χ4n) is 5.69. The molecule has 3 aromatic carbocycles. The highest BCUT2D eigenvalue weighted by Gasteiger charge is 2.34. The van der Waals surface area contributed by atoms with Crippen molar-refractivity contribution in [2.24, 2.45) is 0 Å². The predicted molar refractivity (Wildman–Crippen MR) is 166 cm³/mol. The highest BCUT2D eigenvalue weighted by Crippen LogP contribution is 2.38. The van der Waals surface area contributed by atoms with Gasteiger partial charge in [0.15, 0.2) is 0 Å². The van der Waals surface area contributed by atoms with Crippen LogP contribution in [0, 0.1) is 11.3 Å². The van der Waals surface area contributed by atoms with Crippen molar-refractivity contribution in [1.29, 1.82) is 5.26 Å². The van der Waals surface area contributed by atoms with Crippen LogP contribution in [0.25, 0.3) is 21.2 Å². The van der Waals surface area contributed by atoms with Crippen LogP contribution in [0.1, 0.15) is 53.4 Å². The van der Waals surface area contributed by atoms with E-state index in [2.05, 4.69) is 6.07 Å².